The highest BCUT2D eigenvalue weighted by Gasteiger charge is 2.05. The molecule has 0 spiro atoms. The van der Waals surface area contributed by atoms with Crippen molar-refractivity contribution < 1.29 is 4.42 Å². The summed E-state index contributed by atoms with van der Waals surface area (Å²) in [7, 11) is 4.04. The minimum Gasteiger partial charge on any atom is -0.455 e. The second-order valence-electron chi connectivity index (χ2n) is 5.56. The van der Waals surface area contributed by atoms with E-state index in [4.69, 9.17) is 4.42 Å². The molecule has 0 atom stereocenters. The van der Waals surface area contributed by atoms with E-state index in [1.54, 1.807) is 6.21 Å². The van der Waals surface area contributed by atoms with Gasteiger partial charge in [0.25, 0.3) is 0 Å². The Hall–Kier alpha value is -2.88. The van der Waals surface area contributed by atoms with Crippen molar-refractivity contribution in [2.24, 2.45) is 10.2 Å². The topological polar surface area (TPSA) is 41.1 Å². The summed E-state index contributed by atoms with van der Waals surface area (Å²) in [6, 6.07) is 18.0. The van der Waals surface area contributed by atoms with Gasteiger partial charge in [-0.3, -0.25) is 0 Å². The average molecular weight is 305 g/mol. The molecule has 0 amide bonds. The Morgan fingerprint density at radius 3 is 2.48 bits per heavy atom. The molecule has 0 radical (unpaired) electrons. The van der Waals surface area contributed by atoms with E-state index < -0.39 is 0 Å². The molecule has 1 heterocycles. The lowest BCUT2D eigenvalue weighted by atomic mass is 10.2. The first-order valence-corrected chi connectivity index (χ1v) is 7.47. The predicted octanol–water partition coefficient (Wildman–Crippen LogP) is 4.34. The van der Waals surface area contributed by atoms with Gasteiger partial charge >= 0.3 is 0 Å². The van der Waals surface area contributed by atoms with Crippen molar-refractivity contribution >= 4 is 28.6 Å². The molecule has 23 heavy (non-hydrogen) atoms. The molecule has 0 saturated carbocycles. The van der Waals surface area contributed by atoms with E-state index in [1.165, 1.54) is 0 Å². The summed E-state index contributed by atoms with van der Waals surface area (Å²) in [5, 5.41) is 9.45. The molecular formula is C19H19N3O. The normalized spacial score (nSPS) is 12.2. The fraction of sp³-hybridized carbons (Fsp3) is 0.158. The predicted molar refractivity (Wildman–Crippen MR) is 96.8 cm³/mol. The Kier molecular flexibility index (Phi) is 4.24. The molecule has 2 aromatic carbocycles. The summed E-state index contributed by atoms with van der Waals surface area (Å²) in [5.74, 6) is 0.742. The fourth-order valence-corrected chi connectivity index (χ4v) is 2.25. The molecule has 3 aromatic rings. The van der Waals surface area contributed by atoms with Crippen molar-refractivity contribution in [2.75, 3.05) is 19.0 Å². The van der Waals surface area contributed by atoms with Crippen molar-refractivity contribution in [1.29, 1.82) is 0 Å². The van der Waals surface area contributed by atoms with Crippen LogP contribution in [0.5, 0.6) is 0 Å². The maximum atomic E-state index is 5.76. The minimum absolute atomic E-state index is 0.742. The molecule has 0 saturated heterocycles. The average Bonchev–Trinajstić information content (AvgIpc) is 2.99. The molecule has 4 heteroatoms. The Morgan fingerprint density at radius 1 is 1.04 bits per heavy atom. The van der Waals surface area contributed by atoms with Crippen LogP contribution >= 0.6 is 0 Å². The van der Waals surface area contributed by atoms with Gasteiger partial charge in [-0.1, -0.05) is 30.3 Å². The number of benzene rings is 2. The van der Waals surface area contributed by atoms with Gasteiger partial charge in [-0.15, -0.1) is 0 Å². The van der Waals surface area contributed by atoms with Crippen LogP contribution < -0.4 is 4.90 Å². The van der Waals surface area contributed by atoms with Crippen molar-refractivity contribution in [3.8, 4) is 0 Å². The van der Waals surface area contributed by atoms with Gasteiger partial charge in [0.1, 0.15) is 11.3 Å². The maximum Gasteiger partial charge on any atom is 0.151 e. The molecule has 1 aromatic heterocycles. The van der Waals surface area contributed by atoms with Crippen LogP contribution in [0, 0.1) is 0 Å². The van der Waals surface area contributed by atoms with Gasteiger partial charge in [0.2, 0.25) is 0 Å². The number of hydrogen-bond donors (Lipinski definition) is 0. The SMILES string of the molecule is C/C(=N\N=C\c1ccc(N(C)C)cc1)c1cc2ccccc2o1. The van der Waals surface area contributed by atoms with Crippen LogP contribution in [0.4, 0.5) is 5.69 Å². The molecule has 0 aliphatic carbocycles. The summed E-state index contributed by atoms with van der Waals surface area (Å²) < 4.78 is 5.76. The summed E-state index contributed by atoms with van der Waals surface area (Å²) >= 11 is 0. The summed E-state index contributed by atoms with van der Waals surface area (Å²) in [6.45, 7) is 1.89. The molecule has 0 aliphatic heterocycles. The Bertz CT molecular complexity index is 825. The molecule has 0 bridgehead atoms. The molecule has 0 unspecified atom stereocenters. The first-order valence-electron chi connectivity index (χ1n) is 7.47. The van der Waals surface area contributed by atoms with E-state index in [-0.39, 0.29) is 0 Å². The smallest absolute Gasteiger partial charge is 0.151 e. The summed E-state index contributed by atoms with van der Waals surface area (Å²) in [6.07, 6.45) is 1.74. The van der Waals surface area contributed by atoms with Crippen molar-refractivity contribution in [2.45, 2.75) is 6.92 Å². The third-order valence-corrected chi connectivity index (χ3v) is 3.61. The Labute approximate surface area is 135 Å². The van der Waals surface area contributed by atoms with Gasteiger partial charge in [0.05, 0.1) is 6.21 Å². The van der Waals surface area contributed by atoms with Crippen LogP contribution in [0.25, 0.3) is 11.0 Å². The van der Waals surface area contributed by atoms with Gasteiger partial charge in [-0.05, 0) is 36.8 Å². The zero-order valence-electron chi connectivity index (χ0n) is 13.5. The fourth-order valence-electron chi connectivity index (χ4n) is 2.25. The Morgan fingerprint density at radius 2 is 1.78 bits per heavy atom. The first kappa shape index (κ1) is 15.0. The number of anilines is 1. The lowest BCUT2D eigenvalue weighted by molar-refractivity contribution is 0.604. The van der Waals surface area contributed by atoms with E-state index >= 15 is 0 Å². The zero-order valence-corrected chi connectivity index (χ0v) is 13.5. The minimum atomic E-state index is 0.742. The third kappa shape index (κ3) is 3.48. The molecule has 0 aliphatic rings. The zero-order chi connectivity index (χ0) is 16.2. The number of para-hydroxylation sites is 1. The van der Waals surface area contributed by atoms with Crippen molar-refractivity contribution in [1.82, 2.24) is 0 Å². The monoisotopic (exact) mass is 305 g/mol. The van der Waals surface area contributed by atoms with Crippen LogP contribution in [0.2, 0.25) is 0 Å². The number of furan rings is 1. The van der Waals surface area contributed by atoms with E-state index in [1.807, 2.05) is 63.5 Å². The summed E-state index contributed by atoms with van der Waals surface area (Å²) in [5.41, 5.74) is 3.78. The van der Waals surface area contributed by atoms with Crippen molar-refractivity contribution in [3.63, 3.8) is 0 Å². The second kappa shape index (κ2) is 6.48. The molecule has 0 N–H and O–H groups in total. The number of rotatable bonds is 4. The molecule has 116 valence electrons. The largest absolute Gasteiger partial charge is 0.455 e. The first-order chi connectivity index (χ1) is 11.1. The van der Waals surface area contributed by atoms with E-state index in [0.717, 1.165) is 33.7 Å². The van der Waals surface area contributed by atoms with E-state index in [9.17, 15) is 0 Å². The Balaban J connectivity index is 1.75. The number of fused-ring (bicyclic) bond motifs is 1. The molecular weight excluding hydrogens is 286 g/mol. The van der Waals surface area contributed by atoms with Crippen LogP contribution in [0.3, 0.4) is 0 Å². The van der Waals surface area contributed by atoms with Crippen LogP contribution in [-0.2, 0) is 0 Å². The third-order valence-electron chi connectivity index (χ3n) is 3.61. The van der Waals surface area contributed by atoms with Crippen molar-refractivity contribution in [3.05, 3.63) is 65.9 Å². The van der Waals surface area contributed by atoms with Crippen LogP contribution in [-0.4, -0.2) is 26.0 Å². The molecule has 4 nitrogen and oxygen atoms in total. The highest BCUT2D eigenvalue weighted by Crippen LogP contribution is 2.19. The highest BCUT2D eigenvalue weighted by atomic mass is 16.3. The van der Waals surface area contributed by atoms with E-state index in [2.05, 4.69) is 27.2 Å². The molecule has 3 rings (SSSR count). The number of hydrogen-bond acceptors (Lipinski definition) is 4. The van der Waals surface area contributed by atoms with E-state index in [0.29, 0.717) is 0 Å². The lowest BCUT2D eigenvalue weighted by Crippen LogP contribution is -2.08. The van der Waals surface area contributed by atoms with Gasteiger partial charge in [0, 0.05) is 25.2 Å². The van der Waals surface area contributed by atoms with Crippen LogP contribution in [0.15, 0.2) is 69.2 Å². The second-order valence-corrected chi connectivity index (χ2v) is 5.56. The number of nitrogens with zero attached hydrogens (tertiary/aromatic N) is 3. The molecule has 0 fully saturated rings. The lowest BCUT2D eigenvalue weighted by Gasteiger charge is -2.11. The van der Waals surface area contributed by atoms with Crippen LogP contribution in [0.1, 0.15) is 18.2 Å². The highest BCUT2D eigenvalue weighted by molar-refractivity contribution is 6.00. The maximum absolute atomic E-state index is 5.76. The van der Waals surface area contributed by atoms with Gasteiger partial charge in [-0.25, -0.2) is 0 Å². The quantitative estimate of drug-likeness (QED) is 0.531. The van der Waals surface area contributed by atoms with Gasteiger partial charge in [-0.2, -0.15) is 10.2 Å². The standard InChI is InChI=1S/C19H19N3O/c1-14(19-12-16-6-4-5-7-18(16)23-19)21-20-13-15-8-10-17(11-9-15)22(2)3/h4-13H,1-3H3/b20-13+,21-14+. The van der Waals surface area contributed by atoms with Gasteiger partial charge in [0.15, 0.2) is 5.76 Å². The van der Waals surface area contributed by atoms with Gasteiger partial charge < -0.3 is 9.32 Å². The summed E-state index contributed by atoms with van der Waals surface area (Å²) in [4.78, 5) is 2.06.